The van der Waals surface area contributed by atoms with Crippen LogP contribution in [0.2, 0.25) is 10.0 Å². The number of halogens is 3. The molecule has 0 aliphatic heterocycles. The summed E-state index contributed by atoms with van der Waals surface area (Å²) >= 11 is 12.7. The van der Waals surface area contributed by atoms with Crippen LogP contribution < -0.4 is 5.32 Å². The van der Waals surface area contributed by atoms with Gasteiger partial charge in [-0.05, 0) is 42.5 Å². The Hall–Kier alpha value is -2.89. The van der Waals surface area contributed by atoms with Crippen molar-refractivity contribution in [3.63, 3.8) is 0 Å². The Morgan fingerprint density at radius 3 is 2.50 bits per heavy atom. The molecule has 0 spiro atoms. The highest BCUT2D eigenvalue weighted by atomic mass is 35.5. The summed E-state index contributed by atoms with van der Waals surface area (Å²) in [7, 11) is 0. The van der Waals surface area contributed by atoms with Gasteiger partial charge in [0.15, 0.2) is 0 Å². The van der Waals surface area contributed by atoms with Crippen molar-refractivity contribution in [2.45, 2.75) is 6.04 Å². The van der Waals surface area contributed by atoms with Crippen molar-refractivity contribution in [1.82, 2.24) is 9.97 Å². The van der Waals surface area contributed by atoms with Crippen molar-refractivity contribution in [2.24, 2.45) is 0 Å². The maximum Gasteiger partial charge on any atom is 0.147 e. The Bertz CT molecular complexity index is 1130. The number of hydrogen-bond donors (Lipinski definition) is 2. The lowest BCUT2D eigenvalue weighted by Gasteiger charge is -2.23. The first kappa shape index (κ1) is 18.5. The van der Waals surface area contributed by atoms with E-state index in [1.807, 2.05) is 0 Å². The molecule has 2 heterocycles. The summed E-state index contributed by atoms with van der Waals surface area (Å²) < 4.78 is 14.8. The minimum atomic E-state index is -0.840. The first-order valence-electron chi connectivity index (χ1n) is 8.44. The van der Waals surface area contributed by atoms with E-state index in [1.165, 1.54) is 12.1 Å². The monoisotopic (exact) mass is 413 g/mol. The van der Waals surface area contributed by atoms with Crippen LogP contribution in [-0.4, -0.2) is 15.1 Å². The number of nitrogens with one attached hydrogen (secondary N) is 1. The summed E-state index contributed by atoms with van der Waals surface area (Å²) in [5.74, 6) is -0.131. The van der Waals surface area contributed by atoms with E-state index in [0.29, 0.717) is 27.3 Å². The lowest BCUT2D eigenvalue weighted by atomic mass is 9.95. The molecule has 0 bridgehead atoms. The van der Waals surface area contributed by atoms with E-state index < -0.39 is 11.9 Å². The van der Waals surface area contributed by atoms with Gasteiger partial charge in [0.1, 0.15) is 22.9 Å². The van der Waals surface area contributed by atoms with Gasteiger partial charge >= 0.3 is 0 Å². The number of pyridine rings is 2. The van der Waals surface area contributed by atoms with Crippen LogP contribution in [0, 0.1) is 5.82 Å². The predicted octanol–water partition coefficient (Wildman–Crippen LogP) is 5.98. The van der Waals surface area contributed by atoms with Gasteiger partial charge in [0.25, 0.3) is 0 Å². The molecule has 140 valence electrons. The number of anilines is 1. The van der Waals surface area contributed by atoms with Crippen LogP contribution in [-0.2, 0) is 0 Å². The maximum absolute atomic E-state index is 14.8. The van der Waals surface area contributed by atoms with Crippen LogP contribution in [0.1, 0.15) is 17.2 Å². The molecule has 1 atom stereocenters. The third-order valence-electron chi connectivity index (χ3n) is 4.40. The van der Waals surface area contributed by atoms with Crippen LogP contribution in [0.4, 0.5) is 10.2 Å². The van der Waals surface area contributed by atoms with Gasteiger partial charge in [0, 0.05) is 33.9 Å². The summed E-state index contributed by atoms with van der Waals surface area (Å²) in [6.07, 6.45) is 3.16. The number of benzene rings is 2. The summed E-state index contributed by atoms with van der Waals surface area (Å²) in [6, 6.07) is 14.0. The van der Waals surface area contributed by atoms with E-state index >= 15 is 0 Å². The Morgan fingerprint density at radius 1 is 0.929 bits per heavy atom. The second-order valence-electron chi connectivity index (χ2n) is 6.12. The zero-order valence-corrected chi connectivity index (χ0v) is 15.9. The minimum absolute atomic E-state index is 0.104. The molecule has 2 aromatic heterocycles. The van der Waals surface area contributed by atoms with Crippen molar-refractivity contribution < 1.29 is 9.50 Å². The second-order valence-corrected chi connectivity index (χ2v) is 6.94. The molecule has 7 heteroatoms. The number of phenols is 1. The lowest BCUT2D eigenvalue weighted by molar-refractivity contribution is 0.471. The standard InChI is InChI=1S/C21H14Cl2FN3O/c22-14-6-3-7-16(24)18(14)19(27-17-8-1-2-9-25-17)13-11-15(23)12-5-4-10-26-20(12)21(13)28/h1-11,19,28H,(H,25,27)/t19-/m0/s1. The molecule has 0 amide bonds. The summed E-state index contributed by atoms with van der Waals surface area (Å²) in [5, 5.41) is 15.3. The van der Waals surface area contributed by atoms with Crippen molar-refractivity contribution in [2.75, 3.05) is 5.32 Å². The van der Waals surface area contributed by atoms with Crippen LogP contribution >= 0.6 is 23.2 Å². The quantitative estimate of drug-likeness (QED) is 0.431. The van der Waals surface area contributed by atoms with Gasteiger partial charge in [-0.25, -0.2) is 9.37 Å². The fourth-order valence-corrected chi connectivity index (χ4v) is 3.66. The summed E-state index contributed by atoms with van der Waals surface area (Å²) in [4.78, 5) is 8.46. The van der Waals surface area contributed by atoms with Crippen molar-refractivity contribution in [3.8, 4) is 5.75 Å². The van der Waals surface area contributed by atoms with Gasteiger partial charge in [-0.2, -0.15) is 0 Å². The number of hydrogen-bond acceptors (Lipinski definition) is 4. The highest BCUT2D eigenvalue weighted by Gasteiger charge is 2.26. The molecule has 2 aromatic carbocycles. The number of rotatable bonds is 4. The number of aromatic nitrogens is 2. The van der Waals surface area contributed by atoms with Gasteiger partial charge in [-0.1, -0.05) is 35.3 Å². The second kappa shape index (κ2) is 7.62. The van der Waals surface area contributed by atoms with E-state index in [-0.39, 0.29) is 16.3 Å². The Kier molecular flexibility index (Phi) is 5.03. The van der Waals surface area contributed by atoms with E-state index in [4.69, 9.17) is 23.2 Å². The molecule has 28 heavy (non-hydrogen) atoms. The Labute approximate surface area is 170 Å². The highest BCUT2D eigenvalue weighted by molar-refractivity contribution is 6.35. The van der Waals surface area contributed by atoms with Gasteiger partial charge in [-0.15, -0.1) is 0 Å². The highest BCUT2D eigenvalue weighted by Crippen LogP contribution is 2.41. The average molecular weight is 414 g/mol. The topological polar surface area (TPSA) is 58.0 Å². The molecule has 0 fully saturated rings. The molecule has 4 nitrogen and oxygen atoms in total. The van der Waals surface area contributed by atoms with Crippen molar-refractivity contribution >= 4 is 39.9 Å². The third kappa shape index (κ3) is 3.35. The molecule has 4 aromatic rings. The molecule has 4 rings (SSSR count). The molecule has 0 radical (unpaired) electrons. The average Bonchev–Trinajstić information content (AvgIpc) is 2.71. The van der Waals surface area contributed by atoms with Gasteiger partial charge in [0.05, 0.1) is 11.1 Å². The van der Waals surface area contributed by atoms with Crippen molar-refractivity contribution in [1.29, 1.82) is 0 Å². The first-order chi connectivity index (χ1) is 13.6. The number of phenolic OH excluding ortho intramolecular Hbond substituents is 1. The first-order valence-corrected chi connectivity index (χ1v) is 9.19. The number of aromatic hydroxyl groups is 1. The van der Waals surface area contributed by atoms with Crippen molar-refractivity contribution in [3.05, 3.63) is 94.0 Å². The molecule has 0 saturated heterocycles. The van der Waals surface area contributed by atoms with Gasteiger partial charge < -0.3 is 10.4 Å². The molecular formula is C21H14Cl2FN3O. The zero-order chi connectivity index (χ0) is 19.7. The summed E-state index contributed by atoms with van der Waals surface area (Å²) in [6.45, 7) is 0. The number of nitrogens with zero attached hydrogens (tertiary/aromatic N) is 2. The molecule has 0 saturated carbocycles. The van der Waals surface area contributed by atoms with Crippen LogP contribution in [0.3, 0.4) is 0 Å². The van der Waals surface area contributed by atoms with Crippen LogP contribution in [0.5, 0.6) is 5.75 Å². The Balaban J connectivity index is 1.96. The maximum atomic E-state index is 14.8. The minimum Gasteiger partial charge on any atom is -0.505 e. The fourth-order valence-electron chi connectivity index (χ4n) is 3.11. The molecule has 0 aliphatic carbocycles. The lowest BCUT2D eigenvalue weighted by Crippen LogP contribution is -2.16. The van der Waals surface area contributed by atoms with E-state index in [0.717, 1.165) is 0 Å². The van der Waals surface area contributed by atoms with E-state index in [9.17, 15) is 9.50 Å². The predicted molar refractivity (Wildman–Crippen MR) is 110 cm³/mol. The zero-order valence-electron chi connectivity index (χ0n) is 14.4. The molecule has 0 unspecified atom stereocenters. The molecular weight excluding hydrogens is 400 g/mol. The van der Waals surface area contributed by atoms with E-state index in [1.54, 1.807) is 54.9 Å². The van der Waals surface area contributed by atoms with Crippen LogP contribution in [0.15, 0.2) is 67.0 Å². The normalized spacial score (nSPS) is 12.1. The SMILES string of the molecule is Oc1c([C@H](Nc2ccccn2)c2c(F)cccc2Cl)cc(Cl)c2cccnc12. The largest absolute Gasteiger partial charge is 0.505 e. The van der Waals surface area contributed by atoms with Crippen LogP contribution in [0.25, 0.3) is 10.9 Å². The molecule has 0 aliphatic rings. The van der Waals surface area contributed by atoms with Gasteiger partial charge in [0.2, 0.25) is 0 Å². The molecule has 2 N–H and O–H groups in total. The number of fused-ring (bicyclic) bond motifs is 1. The fraction of sp³-hybridized carbons (Fsp3) is 0.0476. The summed E-state index contributed by atoms with van der Waals surface area (Å²) in [5.41, 5.74) is 0.843. The van der Waals surface area contributed by atoms with E-state index in [2.05, 4.69) is 15.3 Å². The third-order valence-corrected chi connectivity index (χ3v) is 5.04. The van der Waals surface area contributed by atoms with Gasteiger partial charge in [-0.3, -0.25) is 4.98 Å². The Morgan fingerprint density at radius 2 is 1.75 bits per heavy atom. The smallest absolute Gasteiger partial charge is 0.147 e.